The fourth-order valence-electron chi connectivity index (χ4n) is 4.91. The number of piperidine rings is 1. The molecule has 0 unspecified atom stereocenters. The molecule has 186 valence electrons. The van der Waals surface area contributed by atoms with E-state index in [0.717, 1.165) is 60.6 Å². The van der Waals surface area contributed by atoms with Gasteiger partial charge in [0.1, 0.15) is 5.82 Å². The molecule has 0 radical (unpaired) electrons. The normalized spacial score (nSPS) is 16.6. The SMILES string of the molecule is O=C(NC1CCN(c2ccccc2C(=O)N2CCN(c3ccccn3)CC2)CC1)c1ccc(Br)cc1. The third kappa shape index (κ3) is 5.54. The maximum atomic E-state index is 13.5. The Morgan fingerprint density at radius 1 is 0.806 bits per heavy atom. The highest BCUT2D eigenvalue weighted by atomic mass is 79.9. The van der Waals surface area contributed by atoms with Crippen LogP contribution in [0.15, 0.2) is 77.4 Å². The molecule has 2 saturated heterocycles. The molecule has 0 spiro atoms. The fraction of sp³-hybridized carbons (Fsp3) is 0.321. The molecule has 36 heavy (non-hydrogen) atoms. The van der Waals surface area contributed by atoms with Gasteiger partial charge in [-0.1, -0.05) is 34.1 Å². The van der Waals surface area contributed by atoms with E-state index in [1.54, 1.807) is 6.20 Å². The summed E-state index contributed by atoms with van der Waals surface area (Å²) in [5.41, 5.74) is 2.40. The van der Waals surface area contributed by atoms with Crippen LogP contribution in [0.2, 0.25) is 0 Å². The lowest BCUT2D eigenvalue weighted by atomic mass is 10.0. The average Bonchev–Trinajstić information content (AvgIpc) is 2.94. The Balaban J connectivity index is 1.18. The number of halogens is 1. The molecule has 3 heterocycles. The van der Waals surface area contributed by atoms with E-state index >= 15 is 0 Å². The van der Waals surface area contributed by atoms with Gasteiger partial charge in [-0.2, -0.15) is 0 Å². The number of rotatable bonds is 5. The first-order valence-corrected chi connectivity index (χ1v) is 13.2. The van der Waals surface area contributed by atoms with E-state index < -0.39 is 0 Å². The van der Waals surface area contributed by atoms with Gasteiger partial charge >= 0.3 is 0 Å². The summed E-state index contributed by atoms with van der Waals surface area (Å²) in [5.74, 6) is 0.999. The van der Waals surface area contributed by atoms with E-state index in [1.807, 2.05) is 71.6 Å². The van der Waals surface area contributed by atoms with Crippen LogP contribution in [-0.4, -0.2) is 67.0 Å². The molecule has 0 atom stereocenters. The van der Waals surface area contributed by atoms with Crippen molar-refractivity contribution in [3.8, 4) is 0 Å². The van der Waals surface area contributed by atoms with Crippen molar-refractivity contribution in [2.75, 3.05) is 49.1 Å². The Bertz CT molecular complexity index is 1190. The van der Waals surface area contributed by atoms with E-state index in [9.17, 15) is 9.59 Å². The second-order valence-electron chi connectivity index (χ2n) is 9.23. The molecule has 1 aromatic heterocycles. The first kappa shape index (κ1) is 24.3. The number of piperazine rings is 1. The maximum absolute atomic E-state index is 13.5. The van der Waals surface area contributed by atoms with E-state index in [0.29, 0.717) is 18.7 Å². The molecule has 0 aliphatic carbocycles. The van der Waals surface area contributed by atoms with Gasteiger partial charge in [0.05, 0.1) is 5.56 Å². The summed E-state index contributed by atoms with van der Waals surface area (Å²) in [6.07, 6.45) is 3.49. The lowest BCUT2D eigenvalue weighted by molar-refractivity contribution is 0.0747. The van der Waals surface area contributed by atoms with Crippen LogP contribution < -0.4 is 15.1 Å². The molecule has 2 amide bonds. The molecule has 2 aliphatic rings. The molecule has 1 N–H and O–H groups in total. The number of carbonyl (C=O) groups is 2. The lowest BCUT2D eigenvalue weighted by Crippen LogP contribution is -2.49. The monoisotopic (exact) mass is 547 g/mol. The lowest BCUT2D eigenvalue weighted by Gasteiger charge is -2.37. The average molecular weight is 548 g/mol. The number of hydrogen-bond donors (Lipinski definition) is 1. The molecule has 2 fully saturated rings. The zero-order valence-corrected chi connectivity index (χ0v) is 21.7. The Kier molecular flexibility index (Phi) is 7.51. The number of carbonyl (C=O) groups excluding carboxylic acids is 2. The second kappa shape index (κ2) is 11.1. The highest BCUT2D eigenvalue weighted by molar-refractivity contribution is 9.10. The Hall–Kier alpha value is -3.39. The molecule has 7 nitrogen and oxygen atoms in total. The smallest absolute Gasteiger partial charge is 0.256 e. The van der Waals surface area contributed by atoms with Crippen molar-refractivity contribution in [2.24, 2.45) is 0 Å². The molecule has 2 aromatic carbocycles. The number of pyridine rings is 1. The number of amides is 2. The number of anilines is 2. The fourth-order valence-corrected chi connectivity index (χ4v) is 5.18. The highest BCUT2D eigenvalue weighted by Crippen LogP contribution is 2.26. The number of nitrogens with one attached hydrogen (secondary N) is 1. The molecule has 0 bridgehead atoms. The van der Waals surface area contributed by atoms with Crippen molar-refractivity contribution in [2.45, 2.75) is 18.9 Å². The summed E-state index contributed by atoms with van der Waals surface area (Å²) in [6, 6.07) is 21.4. The van der Waals surface area contributed by atoms with Gasteiger partial charge in [0, 0.05) is 67.2 Å². The number of para-hydroxylation sites is 1. The minimum absolute atomic E-state index is 0.0404. The maximum Gasteiger partial charge on any atom is 0.256 e. The van der Waals surface area contributed by atoms with Crippen LogP contribution >= 0.6 is 15.9 Å². The van der Waals surface area contributed by atoms with Crippen LogP contribution in [0.25, 0.3) is 0 Å². The first-order chi connectivity index (χ1) is 17.6. The van der Waals surface area contributed by atoms with Crippen molar-refractivity contribution >= 4 is 39.2 Å². The van der Waals surface area contributed by atoms with E-state index in [4.69, 9.17) is 0 Å². The molecule has 5 rings (SSSR count). The van der Waals surface area contributed by atoms with E-state index in [-0.39, 0.29) is 17.9 Å². The molecular weight excluding hydrogens is 518 g/mol. The summed E-state index contributed by atoms with van der Waals surface area (Å²) in [6.45, 7) is 4.48. The van der Waals surface area contributed by atoms with Gasteiger partial charge in [0.15, 0.2) is 0 Å². The highest BCUT2D eigenvalue weighted by Gasteiger charge is 2.28. The zero-order valence-electron chi connectivity index (χ0n) is 20.1. The summed E-state index contributed by atoms with van der Waals surface area (Å²) in [7, 11) is 0. The standard InChI is InChI=1S/C28H30BrN5O2/c29-22-10-8-21(9-11-22)27(35)31-23-12-15-32(16-13-23)25-6-2-1-5-24(25)28(36)34-19-17-33(18-20-34)26-7-3-4-14-30-26/h1-11,14,23H,12-13,15-20H2,(H,31,35). The van der Waals surface area contributed by atoms with Gasteiger partial charge < -0.3 is 20.0 Å². The summed E-state index contributed by atoms with van der Waals surface area (Å²) in [5, 5.41) is 3.17. The second-order valence-corrected chi connectivity index (χ2v) is 10.1. The van der Waals surface area contributed by atoms with Crippen molar-refractivity contribution in [3.63, 3.8) is 0 Å². The van der Waals surface area contributed by atoms with Crippen LogP contribution in [-0.2, 0) is 0 Å². The van der Waals surface area contributed by atoms with Crippen LogP contribution in [0.1, 0.15) is 33.6 Å². The summed E-state index contributed by atoms with van der Waals surface area (Å²) in [4.78, 5) is 37.0. The van der Waals surface area contributed by atoms with Gasteiger partial charge in [-0.05, 0) is 61.4 Å². The van der Waals surface area contributed by atoms with Gasteiger partial charge in [0.2, 0.25) is 0 Å². The van der Waals surface area contributed by atoms with E-state index in [2.05, 4.69) is 36.0 Å². The third-order valence-electron chi connectivity index (χ3n) is 6.95. The Labute approximate surface area is 220 Å². The van der Waals surface area contributed by atoms with E-state index in [1.165, 1.54) is 0 Å². The summed E-state index contributed by atoms with van der Waals surface area (Å²) < 4.78 is 0.954. The Morgan fingerprint density at radius 3 is 2.19 bits per heavy atom. The van der Waals surface area contributed by atoms with Crippen molar-refractivity contribution in [1.29, 1.82) is 0 Å². The van der Waals surface area contributed by atoms with Crippen LogP contribution in [0.4, 0.5) is 11.5 Å². The summed E-state index contributed by atoms with van der Waals surface area (Å²) >= 11 is 3.41. The predicted octanol–water partition coefficient (Wildman–Crippen LogP) is 4.21. The van der Waals surface area contributed by atoms with Crippen molar-refractivity contribution in [3.05, 3.63) is 88.5 Å². The molecule has 3 aromatic rings. The van der Waals surface area contributed by atoms with Crippen LogP contribution in [0.3, 0.4) is 0 Å². The van der Waals surface area contributed by atoms with Crippen molar-refractivity contribution < 1.29 is 9.59 Å². The molecule has 0 saturated carbocycles. The van der Waals surface area contributed by atoms with Crippen LogP contribution in [0, 0.1) is 0 Å². The molecular formula is C28H30BrN5O2. The molecule has 8 heteroatoms. The first-order valence-electron chi connectivity index (χ1n) is 12.4. The number of aromatic nitrogens is 1. The van der Waals surface area contributed by atoms with Gasteiger partial charge in [-0.25, -0.2) is 4.98 Å². The molecule has 2 aliphatic heterocycles. The Morgan fingerprint density at radius 2 is 1.50 bits per heavy atom. The number of hydrogen-bond acceptors (Lipinski definition) is 5. The largest absolute Gasteiger partial charge is 0.371 e. The van der Waals surface area contributed by atoms with Gasteiger partial charge in [0.25, 0.3) is 11.8 Å². The van der Waals surface area contributed by atoms with Gasteiger partial charge in [-0.3, -0.25) is 9.59 Å². The zero-order chi connectivity index (χ0) is 24.9. The topological polar surface area (TPSA) is 68.8 Å². The van der Waals surface area contributed by atoms with Crippen molar-refractivity contribution in [1.82, 2.24) is 15.2 Å². The predicted molar refractivity (Wildman–Crippen MR) is 146 cm³/mol. The minimum atomic E-state index is -0.0404. The third-order valence-corrected chi connectivity index (χ3v) is 7.48. The number of benzene rings is 2. The van der Waals surface area contributed by atoms with Crippen LogP contribution in [0.5, 0.6) is 0 Å². The van der Waals surface area contributed by atoms with Gasteiger partial charge in [-0.15, -0.1) is 0 Å². The minimum Gasteiger partial charge on any atom is -0.371 e. The quantitative estimate of drug-likeness (QED) is 0.518. The number of nitrogens with zero attached hydrogens (tertiary/aromatic N) is 4.